The van der Waals surface area contributed by atoms with Crippen molar-refractivity contribution in [3.05, 3.63) is 58.5 Å². The Kier molecular flexibility index (Phi) is 3.47. The van der Waals surface area contributed by atoms with Gasteiger partial charge in [0.1, 0.15) is 0 Å². The van der Waals surface area contributed by atoms with Gasteiger partial charge in [0.2, 0.25) is 0 Å². The molecule has 0 N–H and O–H groups in total. The first-order valence-corrected chi connectivity index (χ1v) is 6.19. The Balaban J connectivity index is 3.14. The second kappa shape index (κ2) is 5.05. The lowest BCUT2D eigenvalue weighted by Gasteiger charge is -2.08. The van der Waals surface area contributed by atoms with Crippen LogP contribution in [0.4, 0.5) is 0 Å². The van der Waals surface area contributed by atoms with Crippen molar-refractivity contribution in [1.29, 1.82) is 0 Å². The lowest BCUT2D eigenvalue weighted by Crippen LogP contribution is -2.12. The summed E-state index contributed by atoms with van der Waals surface area (Å²) in [4.78, 5) is 0. The fraction of sp³-hybridized carbons (Fsp3) is 0.111. The van der Waals surface area contributed by atoms with Gasteiger partial charge in [-0.3, -0.25) is 0 Å². The quantitative estimate of drug-likeness (QED) is 0.743. The van der Waals surface area contributed by atoms with Gasteiger partial charge >= 0.3 is 0 Å². The number of hydrogen-bond donors (Lipinski definition) is 0. The molecule has 0 nitrogen and oxygen atoms in total. The monoisotopic (exact) mass is 234 g/mol. The van der Waals surface area contributed by atoms with Crippen molar-refractivity contribution >= 4 is 35.6 Å². The first-order valence-electron chi connectivity index (χ1n) is 6.19. The molecule has 2 aromatic rings. The van der Waals surface area contributed by atoms with Crippen molar-refractivity contribution in [2.45, 2.75) is 13.8 Å². The molecule has 0 unspecified atom stereocenters. The third kappa shape index (κ3) is 1.91. The summed E-state index contributed by atoms with van der Waals surface area (Å²) in [5.41, 5.74) is 2.38. The zero-order valence-corrected chi connectivity index (χ0v) is 11.0. The Morgan fingerprint density at radius 2 is 1.67 bits per heavy atom. The lowest BCUT2D eigenvalue weighted by atomic mass is 9.96. The molecule has 0 saturated heterocycles. The minimum atomic E-state index is 1.06. The molecule has 0 aliphatic carbocycles. The average molecular weight is 234 g/mol. The van der Waals surface area contributed by atoms with Gasteiger partial charge in [-0.05, 0) is 46.2 Å². The first kappa shape index (κ1) is 12.4. The van der Waals surface area contributed by atoms with Crippen LogP contribution in [0.15, 0.2) is 36.9 Å². The molecule has 0 aromatic heterocycles. The summed E-state index contributed by atoms with van der Waals surface area (Å²) < 4.78 is 0. The zero-order chi connectivity index (χ0) is 13.1. The molecular weight excluding hydrogens is 216 g/mol. The summed E-state index contributed by atoms with van der Waals surface area (Å²) in [6.07, 6.45) is 8.23. The molecule has 0 aliphatic heterocycles. The van der Waals surface area contributed by atoms with Crippen LogP contribution in [0.1, 0.15) is 25.0 Å². The molecule has 0 spiro atoms. The second-order valence-corrected chi connectivity index (χ2v) is 4.30. The molecule has 0 saturated carbocycles. The summed E-state index contributed by atoms with van der Waals surface area (Å²) in [6, 6.07) is 8.46. The maximum atomic E-state index is 4.16. The van der Waals surface area contributed by atoms with Crippen LogP contribution in [-0.4, -0.2) is 0 Å². The Bertz CT molecular complexity index is 731. The molecule has 2 aromatic carbocycles. The minimum Gasteiger partial charge on any atom is -0.0984 e. The molecule has 0 fully saturated rings. The van der Waals surface area contributed by atoms with Crippen molar-refractivity contribution in [3.8, 4) is 0 Å². The fourth-order valence-electron chi connectivity index (χ4n) is 2.38. The highest BCUT2D eigenvalue weighted by Gasteiger charge is 2.04. The summed E-state index contributed by atoms with van der Waals surface area (Å²) in [6.45, 7) is 12.2. The normalized spacial score (nSPS) is 12.4. The van der Waals surface area contributed by atoms with E-state index in [9.17, 15) is 0 Å². The molecule has 0 atom stereocenters. The van der Waals surface area contributed by atoms with Gasteiger partial charge in [-0.15, -0.1) is 0 Å². The Hall–Kier alpha value is -2.08. The molecular formula is C18H18. The molecule has 0 heterocycles. The summed E-state index contributed by atoms with van der Waals surface area (Å²) in [7, 11) is 0. The first-order chi connectivity index (χ1) is 8.72. The second-order valence-electron chi connectivity index (χ2n) is 4.30. The number of rotatable bonds is 2. The van der Waals surface area contributed by atoms with E-state index in [2.05, 4.69) is 62.6 Å². The van der Waals surface area contributed by atoms with Gasteiger partial charge in [-0.25, -0.2) is 0 Å². The number of hydrogen-bond acceptors (Lipinski definition) is 0. The third-order valence-electron chi connectivity index (χ3n) is 3.22. The molecule has 0 radical (unpaired) electrons. The summed E-state index contributed by atoms with van der Waals surface area (Å²) in [5.74, 6) is 0. The number of allylic oxidation sites excluding steroid dienone is 1. The van der Waals surface area contributed by atoms with Crippen LogP contribution in [0, 0.1) is 0 Å². The average Bonchev–Trinajstić information content (AvgIpc) is 2.39. The highest BCUT2D eigenvalue weighted by atomic mass is 14.1. The van der Waals surface area contributed by atoms with Crippen LogP contribution in [0.2, 0.25) is 0 Å². The maximum Gasteiger partial charge on any atom is -0.00305 e. The Morgan fingerprint density at radius 3 is 2.28 bits per heavy atom. The van der Waals surface area contributed by atoms with E-state index in [0.717, 1.165) is 10.8 Å². The van der Waals surface area contributed by atoms with Gasteiger partial charge in [0.05, 0.1) is 0 Å². The Labute approximate surface area is 108 Å². The van der Waals surface area contributed by atoms with E-state index in [1.54, 1.807) is 0 Å². The standard InChI is InChI=1S/C18H18/c1-5-8-16-12-11-15(7-3)18-14(6-2)10-9-13(4)17(16)18/h5-12H,3-4H2,1-2H3/b8-5-,14-6-. The predicted octanol–water partition coefficient (Wildman–Crippen LogP) is 3.73. The van der Waals surface area contributed by atoms with Crippen LogP contribution in [0.5, 0.6) is 0 Å². The van der Waals surface area contributed by atoms with E-state index in [1.165, 1.54) is 21.6 Å². The zero-order valence-electron chi connectivity index (χ0n) is 11.0. The fourth-order valence-corrected chi connectivity index (χ4v) is 2.38. The molecule has 18 heavy (non-hydrogen) atoms. The van der Waals surface area contributed by atoms with Crippen LogP contribution in [-0.2, 0) is 0 Å². The molecule has 0 bridgehead atoms. The molecule has 0 amide bonds. The van der Waals surface area contributed by atoms with Gasteiger partial charge in [0.25, 0.3) is 0 Å². The molecule has 0 heteroatoms. The highest BCUT2D eigenvalue weighted by molar-refractivity contribution is 5.97. The molecule has 2 rings (SSSR count). The van der Waals surface area contributed by atoms with Crippen molar-refractivity contribution < 1.29 is 0 Å². The van der Waals surface area contributed by atoms with Crippen molar-refractivity contribution in [2.24, 2.45) is 0 Å². The molecule has 0 aliphatic rings. The van der Waals surface area contributed by atoms with Crippen molar-refractivity contribution in [2.75, 3.05) is 0 Å². The third-order valence-corrected chi connectivity index (χ3v) is 3.22. The maximum absolute atomic E-state index is 4.16. The van der Waals surface area contributed by atoms with Gasteiger partial charge in [0, 0.05) is 0 Å². The van der Waals surface area contributed by atoms with E-state index in [1.807, 2.05) is 13.0 Å². The van der Waals surface area contributed by atoms with Gasteiger partial charge in [-0.2, -0.15) is 0 Å². The van der Waals surface area contributed by atoms with E-state index < -0.39 is 0 Å². The summed E-state index contributed by atoms with van der Waals surface area (Å²) in [5, 5.41) is 4.77. The SMILES string of the molecule is C=Cc1ccc(/C=C\C)c2c(=C)cc/c(=C/C)c12. The van der Waals surface area contributed by atoms with E-state index in [-0.39, 0.29) is 0 Å². The number of benzene rings is 2. The van der Waals surface area contributed by atoms with Crippen molar-refractivity contribution in [3.63, 3.8) is 0 Å². The van der Waals surface area contributed by atoms with Crippen LogP contribution >= 0.6 is 0 Å². The van der Waals surface area contributed by atoms with Crippen LogP contribution < -0.4 is 10.4 Å². The van der Waals surface area contributed by atoms with Crippen LogP contribution in [0.3, 0.4) is 0 Å². The van der Waals surface area contributed by atoms with E-state index in [4.69, 9.17) is 0 Å². The van der Waals surface area contributed by atoms with Crippen molar-refractivity contribution in [1.82, 2.24) is 0 Å². The van der Waals surface area contributed by atoms with Crippen LogP contribution in [0.25, 0.3) is 35.6 Å². The smallest absolute Gasteiger partial charge is 0.00305 e. The van der Waals surface area contributed by atoms with Gasteiger partial charge < -0.3 is 0 Å². The number of fused-ring (bicyclic) bond motifs is 1. The van der Waals surface area contributed by atoms with E-state index in [0.29, 0.717) is 0 Å². The summed E-state index contributed by atoms with van der Waals surface area (Å²) >= 11 is 0. The predicted molar refractivity (Wildman–Crippen MR) is 83.7 cm³/mol. The minimum absolute atomic E-state index is 1.06. The largest absolute Gasteiger partial charge is 0.0984 e. The van der Waals surface area contributed by atoms with Gasteiger partial charge in [0.15, 0.2) is 0 Å². The lowest BCUT2D eigenvalue weighted by molar-refractivity contribution is 1.58. The Morgan fingerprint density at radius 1 is 0.944 bits per heavy atom. The topological polar surface area (TPSA) is 0 Å². The van der Waals surface area contributed by atoms with E-state index >= 15 is 0 Å². The van der Waals surface area contributed by atoms with Gasteiger partial charge in [-0.1, -0.05) is 61.7 Å². The highest BCUT2D eigenvalue weighted by Crippen LogP contribution is 2.19. The molecule has 90 valence electrons.